The number of nitrogens with two attached hydrogens (primary N) is 1. The maximum Gasteiger partial charge on any atom is 0.340 e. The summed E-state index contributed by atoms with van der Waals surface area (Å²) < 4.78 is 5.08. The second-order valence-electron chi connectivity index (χ2n) is 5.03. The van der Waals surface area contributed by atoms with Gasteiger partial charge in [-0.3, -0.25) is 0 Å². The van der Waals surface area contributed by atoms with Crippen molar-refractivity contribution in [1.82, 2.24) is 0 Å². The standard InChI is InChI=1S/C15H22N2O2/c1-2-19-15(18)13-8-3-4-9-14(13)17-12-7-5-6-11(16)10-12/h3-4,8-9,11-12,17H,2,5-7,10,16H2,1H3. The third-order valence-corrected chi connectivity index (χ3v) is 3.50. The Morgan fingerprint density at radius 3 is 2.95 bits per heavy atom. The van der Waals surface area contributed by atoms with Gasteiger partial charge in [-0.15, -0.1) is 0 Å². The van der Waals surface area contributed by atoms with E-state index in [1.807, 2.05) is 25.1 Å². The van der Waals surface area contributed by atoms with Crippen LogP contribution in [-0.2, 0) is 4.74 Å². The molecule has 1 aliphatic rings. The Kier molecular flexibility index (Phi) is 4.80. The largest absolute Gasteiger partial charge is 0.462 e. The lowest BCUT2D eigenvalue weighted by atomic mass is 9.91. The van der Waals surface area contributed by atoms with Gasteiger partial charge < -0.3 is 15.8 Å². The SMILES string of the molecule is CCOC(=O)c1ccccc1NC1CCCC(N)C1. The molecule has 0 radical (unpaired) electrons. The van der Waals surface area contributed by atoms with Crippen LogP contribution in [0.3, 0.4) is 0 Å². The summed E-state index contributed by atoms with van der Waals surface area (Å²) in [5.41, 5.74) is 7.44. The van der Waals surface area contributed by atoms with Crippen molar-refractivity contribution in [3.63, 3.8) is 0 Å². The fraction of sp³-hybridized carbons (Fsp3) is 0.533. The van der Waals surface area contributed by atoms with E-state index in [4.69, 9.17) is 10.5 Å². The van der Waals surface area contributed by atoms with Crippen LogP contribution in [0.5, 0.6) is 0 Å². The van der Waals surface area contributed by atoms with E-state index >= 15 is 0 Å². The van der Waals surface area contributed by atoms with Gasteiger partial charge in [-0.05, 0) is 44.7 Å². The Morgan fingerprint density at radius 1 is 1.42 bits per heavy atom. The second kappa shape index (κ2) is 6.57. The zero-order valence-corrected chi connectivity index (χ0v) is 11.4. The van der Waals surface area contributed by atoms with Crippen molar-refractivity contribution < 1.29 is 9.53 Å². The molecule has 0 spiro atoms. The first-order chi connectivity index (χ1) is 9.20. The Hall–Kier alpha value is -1.55. The molecule has 0 bridgehead atoms. The van der Waals surface area contributed by atoms with Crippen LogP contribution in [0.25, 0.3) is 0 Å². The van der Waals surface area contributed by atoms with E-state index in [-0.39, 0.29) is 12.0 Å². The van der Waals surface area contributed by atoms with Gasteiger partial charge in [-0.25, -0.2) is 4.79 Å². The predicted molar refractivity (Wildman–Crippen MR) is 76.3 cm³/mol. The number of carbonyl (C=O) groups is 1. The second-order valence-corrected chi connectivity index (χ2v) is 5.03. The van der Waals surface area contributed by atoms with Crippen molar-refractivity contribution in [1.29, 1.82) is 0 Å². The van der Waals surface area contributed by atoms with Crippen LogP contribution >= 0.6 is 0 Å². The predicted octanol–water partition coefficient (Wildman–Crippen LogP) is 2.55. The minimum atomic E-state index is -0.272. The van der Waals surface area contributed by atoms with Crippen molar-refractivity contribution in [3.05, 3.63) is 29.8 Å². The molecule has 0 saturated heterocycles. The average molecular weight is 262 g/mol. The smallest absolute Gasteiger partial charge is 0.340 e. The molecule has 19 heavy (non-hydrogen) atoms. The molecule has 1 aromatic rings. The Morgan fingerprint density at radius 2 is 2.21 bits per heavy atom. The fourth-order valence-corrected chi connectivity index (χ4v) is 2.57. The van der Waals surface area contributed by atoms with Gasteiger partial charge in [0, 0.05) is 17.8 Å². The van der Waals surface area contributed by atoms with Crippen LogP contribution in [0.1, 0.15) is 43.0 Å². The number of esters is 1. The van der Waals surface area contributed by atoms with Gasteiger partial charge in [-0.1, -0.05) is 12.1 Å². The highest BCUT2D eigenvalue weighted by Crippen LogP contribution is 2.23. The number of anilines is 1. The summed E-state index contributed by atoms with van der Waals surface area (Å²) in [6.07, 6.45) is 4.29. The average Bonchev–Trinajstić information content (AvgIpc) is 2.39. The number of hydrogen-bond donors (Lipinski definition) is 2. The van der Waals surface area contributed by atoms with Gasteiger partial charge in [0.15, 0.2) is 0 Å². The first kappa shape index (κ1) is 13.9. The lowest BCUT2D eigenvalue weighted by molar-refractivity contribution is 0.0527. The van der Waals surface area contributed by atoms with E-state index in [1.165, 1.54) is 0 Å². The van der Waals surface area contributed by atoms with E-state index in [9.17, 15) is 4.79 Å². The zero-order chi connectivity index (χ0) is 13.7. The van der Waals surface area contributed by atoms with Crippen LogP contribution < -0.4 is 11.1 Å². The molecular weight excluding hydrogens is 240 g/mol. The lowest BCUT2D eigenvalue weighted by Gasteiger charge is -2.28. The van der Waals surface area contributed by atoms with E-state index in [0.29, 0.717) is 18.2 Å². The topological polar surface area (TPSA) is 64.3 Å². The summed E-state index contributed by atoms with van der Waals surface area (Å²) >= 11 is 0. The van der Waals surface area contributed by atoms with Gasteiger partial charge in [0.1, 0.15) is 0 Å². The van der Waals surface area contributed by atoms with Crippen LogP contribution in [0.15, 0.2) is 24.3 Å². The minimum absolute atomic E-state index is 0.265. The van der Waals surface area contributed by atoms with Gasteiger partial charge in [-0.2, -0.15) is 0 Å². The van der Waals surface area contributed by atoms with Crippen molar-refractivity contribution in [2.75, 3.05) is 11.9 Å². The summed E-state index contributed by atoms with van der Waals surface area (Å²) in [6.45, 7) is 2.20. The normalized spacial score (nSPS) is 22.8. The van der Waals surface area contributed by atoms with Crippen LogP contribution in [-0.4, -0.2) is 24.7 Å². The third-order valence-electron chi connectivity index (χ3n) is 3.50. The quantitative estimate of drug-likeness (QED) is 0.818. The van der Waals surface area contributed by atoms with Crippen molar-refractivity contribution in [2.45, 2.75) is 44.7 Å². The maximum absolute atomic E-state index is 11.9. The molecular formula is C15H22N2O2. The van der Waals surface area contributed by atoms with Crippen molar-refractivity contribution in [3.8, 4) is 0 Å². The van der Waals surface area contributed by atoms with Crippen LogP contribution in [0.2, 0.25) is 0 Å². The Bertz CT molecular complexity index is 434. The number of nitrogens with one attached hydrogen (secondary N) is 1. The van der Waals surface area contributed by atoms with Gasteiger partial charge >= 0.3 is 5.97 Å². The highest BCUT2D eigenvalue weighted by Gasteiger charge is 2.21. The molecule has 104 valence electrons. The molecule has 0 amide bonds. The molecule has 1 saturated carbocycles. The molecule has 4 heteroatoms. The highest BCUT2D eigenvalue weighted by atomic mass is 16.5. The molecule has 2 rings (SSSR count). The molecule has 1 fully saturated rings. The first-order valence-corrected chi connectivity index (χ1v) is 6.99. The number of carbonyl (C=O) groups excluding carboxylic acids is 1. The Balaban J connectivity index is 2.09. The van der Waals surface area contributed by atoms with Gasteiger partial charge in [0.2, 0.25) is 0 Å². The molecule has 1 aromatic carbocycles. The number of rotatable bonds is 4. The van der Waals surface area contributed by atoms with Crippen LogP contribution in [0, 0.1) is 0 Å². The first-order valence-electron chi connectivity index (χ1n) is 6.99. The lowest BCUT2D eigenvalue weighted by Crippen LogP contribution is -2.35. The Labute approximate surface area is 114 Å². The zero-order valence-electron chi connectivity index (χ0n) is 11.4. The van der Waals surface area contributed by atoms with Gasteiger partial charge in [0.05, 0.1) is 12.2 Å². The monoisotopic (exact) mass is 262 g/mol. The fourth-order valence-electron chi connectivity index (χ4n) is 2.57. The van der Waals surface area contributed by atoms with Crippen molar-refractivity contribution in [2.24, 2.45) is 5.73 Å². The van der Waals surface area contributed by atoms with Gasteiger partial charge in [0.25, 0.3) is 0 Å². The van der Waals surface area contributed by atoms with E-state index in [2.05, 4.69) is 5.32 Å². The number of para-hydroxylation sites is 1. The van der Waals surface area contributed by atoms with E-state index in [1.54, 1.807) is 6.07 Å². The molecule has 0 aromatic heterocycles. The maximum atomic E-state index is 11.9. The molecule has 2 unspecified atom stereocenters. The molecule has 4 nitrogen and oxygen atoms in total. The summed E-state index contributed by atoms with van der Waals surface area (Å²) in [7, 11) is 0. The van der Waals surface area contributed by atoms with Crippen LogP contribution in [0.4, 0.5) is 5.69 Å². The molecule has 0 aliphatic heterocycles. The minimum Gasteiger partial charge on any atom is -0.462 e. The third kappa shape index (κ3) is 3.70. The number of ether oxygens (including phenoxy) is 1. The summed E-state index contributed by atoms with van der Waals surface area (Å²) in [5, 5.41) is 3.44. The van der Waals surface area contributed by atoms with E-state index in [0.717, 1.165) is 31.4 Å². The number of hydrogen-bond acceptors (Lipinski definition) is 4. The van der Waals surface area contributed by atoms with Crippen molar-refractivity contribution >= 4 is 11.7 Å². The summed E-state index contributed by atoms with van der Waals surface area (Å²) in [5.74, 6) is -0.272. The molecule has 1 aliphatic carbocycles. The highest BCUT2D eigenvalue weighted by molar-refractivity contribution is 5.95. The number of benzene rings is 1. The molecule has 0 heterocycles. The molecule has 3 N–H and O–H groups in total. The summed E-state index contributed by atoms with van der Waals surface area (Å²) in [6, 6.07) is 8.10. The van der Waals surface area contributed by atoms with E-state index < -0.39 is 0 Å². The molecule has 2 atom stereocenters. The summed E-state index contributed by atoms with van der Waals surface area (Å²) in [4.78, 5) is 11.9.